The molecule has 3 rings (SSSR count). The molecule has 1 aromatic carbocycles. The second-order valence-electron chi connectivity index (χ2n) is 7.60. The van der Waals surface area contributed by atoms with Gasteiger partial charge in [-0.25, -0.2) is 0 Å². The van der Waals surface area contributed by atoms with Crippen LogP contribution in [-0.4, -0.2) is 57.9 Å². The van der Waals surface area contributed by atoms with Gasteiger partial charge in [-0.1, -0.05) is 38.0 Å². The van der Waals surface area contributed by atoms with Crippen molar-refractivity contribution in [3.63, 3.8) is 0 Å². The van der Waals surface area contributed by atoms with E-state index in [9.17, 15) is 19.5 Å². The summed E-state index contributed by atoms with van der Waals surface area (Å²) in [6.07, 6.45) is 5.46. The number of nitrogens with zero attached hydrogens (tertiary/aromatic N) is 2. The van der Waals surface area contributed by atoms with Crippen molar-refractivity contribution < 1.29 is 19.5 Å². The lowest BCUT2D eigenvalue weighted by molar-refractivity contribution is -0.146. The van der Waals surface area contributed by atoms with Crippen molar-refractivity contribution in [1.82, 2.24) is 9.80 Å². The van der Waals surface area contributed by atoms with Crippen LogP contribution in [-0.2, 0) is 9.59 Å². The fourth-order valence-corrected chi connectivity index (χ4v) is 4.61. The third kappa shape index (κ3) is 4.15. The summed E-state index contributed by atoms with van der Waals surface area (Å²) in [5, 5.41) is 9.19. The number of aliphatic carboxylic acids is 1. The van der Waals surface area contributed by atoms with E-state index in [1.54, 1.807) is 17.0 Å². The number of fused-ring (bicyclic) bond motifs is 1. The first-order valence-corrected chi connectivity index (χ1v) is 9.91. The van der Waals surface area contributed by atoms with Gasteiger partial charge in [0.15, 0.2) is 0 Å². The molecular weight excluding hydrogens is 344 g/mol. The van der Waals surface area contributed by atoms with Crippen LogP contribution >= 0.6 is 0 Å². The lowest BCUT2D eigenvalue weighted by Gasteiger charge is -2.35. The number of carboxylic acids is 1. The number of carbonyl (C=O) groups excluding carboxylic acids is 2. The Morgan fingerprint density at radius 2 is 1.85 bits per heavy atom. The fourth-order valence-electron chi connectivity index (χ4n) is 4.61. The average molecular weight is 372 g/mol. The number of rotatable bonds is 6. The Bertz CT molecular complexity index is 691. The molecule has 2 aliphatic rings. The SMILES string of the molecule is CCCN(CC(=O)O)C(=O)C1CC2CCCCC2N1C(=O)c1ccccc1. The normalized spacial score (nSPS) is 24.3. The molecule has 0 spiro atoms. The topological polar surface area (TPSA) is 77.9 Å². The maximum atomic E-state index is 13.3. The van der Waals surface area contributed by atoms with Crippen LogP contribution in [0.25, 0.3) is 0 Å². The van der Waals surface area contributed by atoms with Gasteiger partial charge in [-0.15, -0.1) is 0 Å². The second-order valence-corrected chi connectivity index (χ2v) is 7.60. The van der Waals surface area contributed by atoms with E-state index in [1.807, 2.05) is 25.1 Å². The number of amides is 2. The van der Waals surface area contributed by atoms with Crippen molar-refractivity contribution in [2.24, 2.45) is 5.92 Å². The third-order valence-corrected chi connectivity index (χ3v) is 5.76. The van der Waals surface area contributed by atoms with Crippen LogP contribution in [0.5, 0.6) is 0 Å². The first kappa shape index (κ1) is 19.4. The maximum Gasteiger partial charge on any atom is 0.323 e. The second kappa shape index (κ2) is 8.55. The van der Waals surface area contributed by atoms with Crippen molar-refractivity contribution >= 4 is 17.8 Å². The molecule has 0 aromatic heterocycles. The van der Waals surface area contributed by atoms with Gasteiger partial charge in [-0.05, 0) is 43.7 Å². The van der Waals surface area contributed by atoms with Gasteiger partial charge in [0.2, 0.25) is 5.91 Å². The van der Waals surface area contributed by atoms with E-state index in [0.717, 1.165) is 25.7 Å². The minimum atomic E-state index is -1.02. The highest BCUT2D eigenvalue weighted by Gasteiger charge is 2.48. The van der Waals surface area contributed by atoms with E-state index >= 15 is 0 Å². The van der Waals surface area contributed by atoms with Crippen molar-refractivity contribution in [3.05, 3.63) is 35.9 Å². The van der Waals surface area contributed by atoms with Gasteiger partial charge >= 0.3 is 5.97 Å². The predicted molar refractivity (Wildman–Crippen MR) is 101 cm³/mol. The maximum absolute atomic E-state index is 13.3. The highest BCUT2D eigenvalue weighted by Crippen LogP contribution is 2.41. The molecular formula is C21H28N2O4. The van der Waals surface area contributed by atoms with Crippen molar-refractivity contribution in [1.29, 1.82) is 0 Å². The number of hydrogen-bond acceptors (Lipinski definition) is 3. The molecule has 0 radical (unpaired) electrons. The van der Waals surface area contributed by atoms with Gasteiger partial charge in [0.25, 0.3) is 5.91 Å². The molecule has 0 bridgehead atoms. The summed E-state index contributed by atoms with van der Waals surface area (Å²) in [6.45, 7) is 2.00. The van der Waals surface area contributed by atoms with Gasteiger partial charge in [0.1, 0.15) is 12.6 Å². The van der Waals surface area contributed by atoms with Crippen LogP contribution in [0.4, 0.5) is 0 Å². The standard InChI is InChI=1S/C21H28N2O4/c1-2-12-22(14-19(24)25)21(27)18-13-16-10-6-7-11-17(16)23(18)20(26)15-8-4-3-5-9-15/h3-5,8-9,16-18H,2,6-7,10-14H2,1H3,(H,24,25). The number of benzene rings is 1. The van der Waals surface area contributed by atoms with E-state index in [-0.39, 0.29) is 24.4 Å². The van der Waals surface area contributed by atoms with Gasteiger partial charge in [-0.2, -0.15) is 0 Å². The van der Waals surface area contributed by atoms with Crippen LogP contribution in [0.3, 0.4) is 0 Å². The summed E-state index contributed by atoms with van der Waals surface area (Å²) in [6, 6.07) is 8.59. The summed E-state index contributed by atoms with van der Waals surface area (Å²) in [4.78, 5) is 40.9. The molecule has 1 saturated carbocycles. The van der Waals surface area contributed by atoms with E-state index in [4.69, 9.17) is 0 Å². The van der Waals surface area contributed by atoms with E-state index in [0.29, 0.717) is 30.9 Å². The molecule has 6 heteroatoms. The Hall–Kier alpha value is -2.37. The zero-order valence-corrected chi connectivity index (χ0v) is 15.8. The number of likely N-dealkylation sites (tertiary alicyclic amines) is 1. The highest BCUT2D eigenvalue weighted by molar-refractivity contribution is 5.98. The first-order chi connectivity index (χ1) is 13.0. The van der Waals surface area contributed by atoms with Gasteiger partial charge < -0.3 is 14.9 Å². The Morgan fingerprint density at radius 1 is 1.15 bits per heavy atom. The van der Waals surface area contributed by atoms with Gasteiger partial charge in [0.05, 0.1) is 0 Å². The van der Waals surface area contributed by atoms with Gasteiger partial charge in [-0.3, -0.25) is 14.4 Å². The lowest BCUT2D eigenvalue weighted by atomic mass is 9.84. The smallest absolute Gasteiger partial charge is 0.323 e. The zero-order valence-electron chi connectivity index (χ0n) is 15.8. The summed E-state index contributed by atoms with van der Waals surface area (Å²) < 4.78 is 0. The van der Waals surface area contributed by atoms with Crippen molar-refractivity contribution in [2.45, 2.75) is 57.5 Å². The molecule has 3 unspecified atom stereocenters. The summed E-state index contributed by atoms with van der Waals surface area (Å²) in [5.41, 5.74) is 0.585. The molecule has 2 fully saturated rings. The Labute approximate surface area is 160 Å². The molecule has 2 amide bonds. The highest BCUT2D eigenvalue weighted by atomic mass is 16.4. The van der Waals surface area contributed by atoms with Crippen LogP contribution in [0.2, 0.25) is 0 Å². The van der Waals surface area contributed by atoms with Crippen LogP contribution in [0.15, 0.2) is 30.3 Å². The molecule has 1 aromatic rings. The Kier molecular flexibility index (Phi) is 6.14. The molecule has 1 saturated heterocycles. The largest absolute Gasteiger partial charge is 0.480 e. The van der Waals surface area contributed by atoms with Crippen LogP contribution in [0, 0.1) is 5.92 Å². The average Bonchev–Trinajstić information content (AvgIpc) is 3.06. The molecule has 1 N–H and O–H groups in total. The Morgan fingerprint density at radius 3 is 2.52 bits per heavy atom. The fraction of sp³-hybridized carbons (Fsp3) is 0.571. The number of carbonyl (C=O) groups is 3. The number of hydrogen-bond donors (Lipinski definition) is 1. The number of carboxylic acid groups (broad SMARTS) is 1. The van der Waals surface area contributed by atoms with Crippen LogP contribution < -0.4 is 0 Å². The van der Waals surface area contributed by atoms with Crippen molar-refractivity contribution in [3.8, 4) is 0 Å². The Balaban J connectivity index is 1.89. The van der Waals surface area contributed by atoms with E-state index < -0.39 is 12.0 Å². The predicted octanol–water partition coefficient (Wildman–Crippen LogP) is 2.78. The molecule has 1 aliphatic heterocycles. The minimum Gasteiger partial charge on any atom is -0.480 e. The van der Waals surface area contributed by atoms with E-state index in [2.05, 4.69) is 0 Å². The molecule has 6 nitrogen and oxygen atoms in total. The van der Waals surface area contributed by atoms with Crippen LogP contribution in [0.1, 0.15) is 55.8 Å². The zero-order chi connectivity index (χ0) is 19.4. The molecule has 146 valence electrons. The van der Waals surface area contributed by atoms with Gasteiger partial charge in [0, 0.05) is 18.2 Å². The minimum absolute atomic E-state index is 0.0775. The molecule has 27 heavy (non-hydrogen) atoms. The summed E-state index contributed by atoms with van der Waals surface area (Å²) in [7, 11) is 0. The summed E-state index contributed by atoms with van der Waals surface area (Å²) >= 11 is 0. The molecule has 1 aliphatic carbocycles. The monoisotopic (exact) mass is 372 g/mol. The lowest BCUT2D eigenvalue weighted by Crippen LogP contribution is -2.51. The van der Waals surface area contributed by atoms with Crippen molar-refractivity contribution in [2.75, 3.05) is 13.1 Å². The molecule has 1 heterocycles. The first-order valence-electron chi connectivity index (χ1n) is 9.91. The quantitative estimate of drug-likeness (QED) is 0.833. The summed E-state index contributed by atoms with van der Waals surface area (Å²) in [5.74, 6) is -1.03. The third-order valence-electron chi connectivity index (χ3n) is 5.76. The van der Waals surface area contributed by atoms with E-state index in [1.165, 1.54) is 4.90 Å². The molecule has 3 atom stereocenters.